The molecule has 1 N–H and O–H groups in total. The minimum absolute atomic E-state index is 0.194. The van der Waals surface area contributed by atoms with Crippen molar-refractivity contribution in [1.82, 2.24) is 9.59 Å². The summed E-state index contributed by atoms with van der Waals surface area (Å²) < 4.78 is 3.74. The normalized spacial score (nSPS) is 10.5. The molecular weight excluding hydrogens is 236 g/mol. The van der Waals surface area contributed by atoms with Crippen LogP contribution in [0, 0.1) is 20.8 Å². The van der Waals surface area contributed by atoms with Gasteiger partial charge < -0.3 is 5.11 Å². The van der Waals surface area contributed by atoms with Crippen LogP contribution in [0.2, 0.25) is 0 Å². The summed E-state index contributed by atoms with van der Waals surface area (Å²) in [5.41, 5.74) is 4.55. The van der Waals surface area contributed by atoms with Crippen LogP contribution >= 0.6 is 11.5 Å². The first-order valence-corrected chi connectivity index (χ1v) is 5.92. The second kappa shape index (κ2) is 4.25. The number of carboxylic acids is 1. The lowest BCUT2D eigenvalue weighted by Gasteiger charge is -2.09. The van der Waals surface area contributed by atoms with Crippen molar-refractivity contribution in [2.75, 3.05) is 0 Å². The zero-order valence-corrected chi connectivity index (χ0v) is 10.6. The van der Waals surface area contributed by atoms with Gasteiger partial charge in [-0.3, -0.25) is 0 Å². The van der Waals surface area contributed by atoms with Gasteiger partial charge in [-0.1, -0.05) is 22.2 Å². The number of hydrogen-bond donors (Lipinski definition) is 1. The molecule has 0 spiro atoms. The molecule has 0 atom stereocenters. The van der Waals surface area contributed by atoms with Crippen LogP contribution in [-0.2, 0) is 0 Å². The number of hydrogen-bond acceptors (Lipinski definition) is 4. The van der Waals surface area contributed by atoms with Crippen molar-refractivity contribution in [3.8, 4) is 11.3 Å². The zero-order valence-electron chi connectivity index (χ0n) is 9.81. The predicted molar refractivity (Wildman–Crippen MR) is 66.5 cm³/mol. The molecule has 5 heteroatoms. The Morgan fingerprint density at radius 2 is 1.82 bits per heavy atom. The molecule has 88 valence electrons. The fourth-order valence-corrected chi connectivity index (χ4v) is 2.56. The number of nitrogens with zero attached hydrogens (tertiary/aromatic N) is 2. The molecule has 0 unspecified atom stereocenters. The van der Waals surface area contributed by atoms with Gasteiger partial charge in [-0.2, -0.15) is 0 Å². The van der Waals surface area contributed by atoms with Gasteiger partial charge in [0.2, 0.25) is 0 Å². The summed E-state index contributed by atoms with van der Waals surface area (Å²) >= 11 is 0.913. The summed E-state index contributed by atoms with van der Waals surface area (Å²) in [6.45, 7) is 5.93. The van der Waals surface area contributed by atoms with Crippen molar-refractivity contribution < 1.29 is 9.90 Å². The molecule has 1 aromatic heterocycles. The molecule has 0 aliphatic rings. The number of aromatic nitrogens is 2. The highest BCUT2D eigenvalue weighted by atomic mass is 32.1. The van der Waals surface area contributed by atoms with Crippen molar-refractivity contribution >= 4 is 17.5 Å². The molecule has 0 amide bonds. The van der Waals surface area contributed by atoms with Crippen LogP contribution < -0.4 is 0 Å². The van der Waals surface area contributed by atoms with Crippen LogP contribution in [-0.4, -0.2) is 20.7 Å². The van der Waals surface area contributed by atoms with Crippen LogP contribution in [0.1, 0.15) is 26.4 Å². The van der Waals surface area contributed by atoms with E-state index in [1.807, 2.05) is 32.9 Å². The first-order valence-electron chi connectivity index (χ1n) is 5.14. The zero-order chi connectivity index (χ0) is 12.6. The molecule has 2 aromatic rings. The average Bonchev–Trinajstić information content (AvgIpc) is 2.64. The van der Waals surface area contributed by atoms with Crippen LogP contribution in [0.15, 0.2) is 12.1 Å². The first kappa shape index (κ1) is 11.7. The van der Waals surface area contributed by atoms with Gasteiger partial charge in [-0.05, 0) is 43.4 Å². The lowest BCUT2D eigenvalue weighted by Crippen LogP contribution is -1.98. The average molecular weight is 248 g/mol. The number of carbonyl (C=O) groups is 1. The first-order chi connectivity index (χ1) is 8.00. The topological polar surface area (TPSA) is 63.1 Å². The van der Waals surface area contributed by atoms with Crippen LogP contribution in [0.4, 0.5) is 0 Å². The third-order valence-electron chi connectivity index (χ3n) is 2.60. The van der Waals surface area contributed by atoms with Gasteiger partial charge in [0.05, 0.1) is 0 Å². The fraction of sp³-hybridized carbons (Fsp3) is 0.250. The highest BCUT2D eigenvalue weighted by Crippen LogP contribution is 2.30. The molecule has 0 aliphatic carbocycles. The minimum Gasteiger partial charge on any atom is -0.477 e. The van der Waals surface area contributed by atoms with E-state index in [0.717, 1.165) is 33.8 Å². The molecule has 1 heterocycles. The van der Waals surface area contributed by atoms with E-state index in [9.17, 15) is 4.79 Å². The second-order valence-electron chi connectivity index (χ2n) is 4.03. The molecule has 0 bridgehead atoms. The molecule has 0 aliphatic heterocycles. The fourth-order valence-electron chi connectivity index (χ4n) is 2.05. The summed E-state index contributed by atoms with van der Waals surface area (Å²) in [7, 11) is 0. The Morgan fingerprint density at radius 1 is 1.24 bits per heavy atom. The Hall–Kier alpha value is -1.75. The van der Waals surface area contributed by atoms with Crippen molar-refractivity contribution in [2.45, 2.75) is 20.8 Å². The molecule has 0 saturated carbocycles. The maximum atomic E-state index is 11.1. The van der Waals surface area contributed by atoms with E-state index >= 15 is 0 Å². The Morgan fingerprint density at radius 3 is 2.35 bits per heavy atom. The van der Waals surface area contributed by atoms with E-state index in [1.165, 1.54) is 0 Å². The SMILES string of the molecule is Cc1cc(C)c(-c2nnsc2C(=O)O)c(C)c1. The second-order valence-corrected chi connectivity index (χ2v) is 4.78. The minimum atomic E-state index is -0.977. The van der Waals surface area contributed by atoms with Crippen LogP contribution in [0.5, 0.6) is 0 Å². The summed E-state index contributed by atoms with van der Waals surface area (Å²) in [6.07, 6.45) is 0. The smallest absolute Gasteiger partial charge is 0.349 e. The largest absolute Gasteiger partial charge is 0.477 e. The third kappa shape index (κ3) is 2.06. The Balaban J connectivity index is 2.69. The maximum absolute atomic E-state index is 11.1. The molecular formula is C12H12N2O2S. The van der Waals surface area contributed by atoms with Gasteiger partial charge in [0.15, 0.2) is 4.88 Å². The molecule has 0 saturated heterocycles. The van der Waals surface area contributed by atoms with Crippen molar-refractivity contribution in [3.63, 3.8) is 0 Å². The van der Waals surface area contributed by atoms with E-state index < -0.39 is 5.97 Å². The summed E-state index contributed by atoms with van der Waals surface area (Å²) in [4.78, 5) is 11.3. The van der Waals surface area contributed by atoms with Crippen molar-refractivity contribution in [3.05, 3.63) is 33.7 Å². The number of rotatable bonds is 2. The lowest BCUT2D eigenvalue weighted by atomic mass is 9.97. The Labute approximate surface area is 103 Å². The monoisotopic (exact) mass is 248 g/mol. The maximum Gasteiger partial charge on any atom is 0.349 e. The van der Waals surface area contributed by atoms with Crippen LogP contribution in [0.25, 0.3) is 11.3 Å². The summed E-state index contributed by atoms with van der Waals surface area (Å²) in [5.74, 6) is -0.977. The highest BCUT2D eigenvalue weighted by molar-refractivity contribution is 7.08. The quantitative estimate of drug-likeness (QED) is 0.887. The van der Waals surface area contributed by atoms with E-state index in [4.69, 9.17) is 5.11 Å². The Kier molecular flexibility index (Phi) is 2.93. The third-order valence-corrected chi connectivity index (χ3v) is 3.31. The number of carboxylic acid groups (broad SMARTS) is 1. The lowest BCUT2D eigenvalue weighted by molar-refractivity contribution is 0.0702. The van der Waals surface area contributed by atoms with E-state index in [2.05, 4.69) is 9.59 Å². The number of benzene rings is 1. The van der Waals surface area contributed by atoms with Gasteiger partial charge >= 0.3 is 5.97 Å². The highest BCUT2D eigenvalue weighted by Gasteiger charge is 2.19. The van der Waals surface area contributed by atoms with Gasteiger partial charge in [-0.25, -0.2) is 4.79 Å². The number of aromatic carboxylic acids is 1. The molecule has 17 heavy (non-hydrogen) atoms. The molecule has 0 radical (unpaired) electrons. The van der Waals surface area contributed by atoms with Gasteiger partial charge in [0.25, 0.3) is 0 Å². The molecule has 2 rings (SSSR count). The Bertz CT molecular complexity index is 567. The van der Waals surface area contributed by atoms with E-state index in [0.29, 0.717) is 5.69 Å². The van der Waals surface area contributed by atoms with Crippen molar-refractivity contribution in [2.24, 2.45) is 0 Å². The molecule has 1 aromatic carbocycles. The molecule has 4 nitrogen and oxygen atoms in total. The molecule has 0 fully saturated rings. The van der Waals surface area contributed by atoms with Gasteiger partial charge in [-0.15, -0.1) is 5.10 Å². The van der Waals surface area contributed by atoms with Gasteiger partial charge in [0.1, 0.15) is 5.69 Å². The van der Waals surface area contributed by atoms with Crippen molar-refractivity contribution in [1.29, 1.82) is 0 Å². The number of aryl methyl sites for hydroxylation is 3. The van der Waals surface area contributed by atoms with Gasteiger partial charge in [0, 0.05) is 5.56 Å². The van der Waals surface area contributed by atoms with E-state index in [-0.39, 0.29) is 4.88 Å². The summed E-state index contributed by atoms with van der Waals surface area (Å²) in [5, 5.41) is 13.0. The predicted octanol–water partition coefficient (Wildman–Crippen LogP) is 2.83. The summed E-state index contributed by atoms with van der Waals surface area (Å²) in [6, 6.07) is 4.04. The standard InChI is InChI=1S/C12H12N2O2S/c1-6-4-7(2)9(8(3)5-6)10-11(12(15)16)17-14-13-10/h4-5H,1-3H3,(H,15,16). The van der Waals surface area contributed by atoms with Crippen LogP contribution in [0.3, 0.4) is 0 Å². The van der Waals surface area contributed by atoms with E-state index in [1.54, 1.807) is 0 Å².